The maximum absolute atomic E-state index is 12.6. The Hall–Kier alpha value is -1.13. The molecule has 0 fully saturated rings. The number of rotatable bonds is 7. The van der Waals surface area contributed by atoms with Gasteiger partial charge in [-0.1, -0.05) is 39.7 Å². The van der Waals surface area contributed by atoms with Crippen molar-refractivity contribution in [1.82, 2.24) is 0 Å². The van der Waals surface area contributed by atoms with Gasteiger partial charge in [-0.25, -0.2) is 0 Å². The second kappa shape index (κ2) is 7.23. The summed E-state index contributed by atoms with van der Waals surface area (Å²) in [7, 11) is 0. The van der Waals surface area contributed by atoms with Crippen LogP contribution in [0.2, 0.25) is 0 Å². The van der Waals surface area contributed by atoms with E-state index in [0.717, 1.165) is 18.4 Å². The van der Waals surface area contributed by atoms with Crippen LogP contribution in [-0.4, -0.2) is 27.9 Å². The van der Waals surface area contributed by atoms with E-state index >= 15 is 0 Å². The predicted molar refractivity (Wildman–Crippen MR) is 82.5 cm³/mol. The van der Waals surface area contributed by atoms with Gasteiger partial charge in [0.25, 0.3) is 5.79 Å². The summed E-state index contributed by atoms with van der Waals surface area (Å²) in [6.45, 7) is 9.41. The van der Waals surface area contributed by atoms with Crippen molar-refractivity contribution in [2.75, 3.05) is 0 Å². The standard InChI is InChI=1S/C17H28O4/c1-6-12(7-2)10-14-15(13(8-3)9-4)21-17(20,11(5)18)16(14)19/h8,11-12,18,20H,6-7,9-10H2,1-5H3/b13-8+. The third kappa shape index (κ3) is 3.38. The third-order valence-corrected chi connectivity index (χ3v) is 4.37. The van der Waals surface area contributed by atoms with Crippen molar-refractivity contribution in [3.05, 3.63) is 23.0 Å². The Labute approximate surface area is 127 Å². The molecule has 2 unspecified atom stereocenters. The molecule has 0 aromatic carbocycles. The van der Waals surface area contributed by atoms with Crippen LogP contribution in [0, 0.1) is 5.92 Å². The number of carbonyl (C=O) groups excluding carboxylic acids is 1. The molecule has 0 saturated carbocycles. The van der Waals surface area contributed by atoms with Gasteiger partial charge < -0.3 is 14.9 Å². The third-order valence-electron chi connectivity index (χ3n) is 4.37. The Balaban J connectivity index is 3.25. The normalized spacial score (nSPS) is 24.8. The average molecular weight is 296 g/mol. The quantitative estimate of drug-likeness (QED) is 0.757. The molecule has 21 heavy (non-hydrogen) atoms. The van der Waals surface area contributed by atoms with Crippen LogP contribution in [-0.2, 0) is 9.53 Å². The van der Waals surface area contributed by atoms with Crippen LogP contribution in [0.1, 0.15) is 60.3 Å². The van der Waals surface area contributed by atoms with Gasteiger partial charge in [0.15, 0.2) is 0 Å². The topological polar surface area (TPSA) is 66.8 Å². The minimum absolute atomic E-state index is 0.369. The van der Waals surface area contributed by atoms with Crippen LogP contribution in [0.5, 0.6) is 0 Å². The number of ether oxygens (including phenoxy) is 1. The molecule has 0 bridgehead atoms. The van der Waals surface area contributed by atoms with Gasteiger partial charge in [0.05, 0.1) is 0 Å². The van der Waals surface area contributed by atoms with Crippen molar-refractivity contribution >= 4 is 5.78 Å². The summed E-state index contributed by atoms with van der Waals surface area (Å²) in [5.74, 6) is -1.80. The monoisotopic (exact) mass is 296 g/mol. The zero-order chi connectivity index (χ0) is 16.2. The van der Waals surface area contributed by atoms with Crippen molar-refractivity contribution in [2.45, 2.75) is 72.2 Å². The minimum Gasteiger partial charge on any atom is -0.451 e. The molecule has 0 aromatic heterocycles. The number of hydrogen-bond acceptors (Lipinski definition) is 4. The van der Waals surface area contributed by atoms with Crippen LogP contribution < -0.4 is 0 Å². The fourth-order valence-electron chi connectivity index (χ4n) is 2.66. The lowest BCUT2D eigenvalue weighted by Gasteiger charge is -2.25. The van der Waals surface area contributed by atoms with E-state index in [4.69, 9.17) is 4.74 Å². The summed E-state index contributed by atoms with van der Waals surface area (Å²) in [5, 5.41) is 20.1. The van der Waals surface area contributed by atoms with Gasteiger partial charge in [-0.3, -0.25) is 4.79 Å². The lowest BCUT2D eigenvalue weighted by atomic mass is 9.88. The van der Waals surface area contributed by atoms with E-state index in [9.17, 15) is 15.0 Å². The lowest BCUT2D eigenvalue weighted by molar-refractivity contribution is -0.211. The van der Waals surface area contributed by atoms with Gasteiger partial charge in [-0.2, -0.15) is 0 Å². The van der Waals surface area contributed by atoms with Crippen molar-refractivity contribution in [1.29, 1.82) is 0 Å². The number of carbonyl (C=O) groups is 1. The maximum Gasteiger partial charge on any atom is 0.298 e. The maximum atomic E-state index is 12.6. The molecule has 120 valence electrons. The van der Waals surface area contributed by atoms with Crippen LogP contribution in [0.15, 0.2) is 23.0 Å². The van der Waals surface area contributed by atoms with E-state index in [0.29, 0.717) is 30.1 Å². The average Bonchev–Trinajstić information content (AvgIpc) is 2.72. The Kier molecular flexibility index (Phi) is 6.17. The molecule has 4 heteroatoms. The first-order valence-electron chi connectivity index (χ1n) is 7.88. The van der Waals surface area contributed by atoms with Crippen LogP contribution in [0.25, 0.3) is 0 Å². The highest BCUT2D eigenvalue weighted by Gasteiger charge is 2.52. The summed E-state index contributed by atoms with van der Waals surface area (Å²) in [6.07, 6.45) is 3.84. The molecule has 2 atom stereocenters. The van der Waals surface area contributed by atoms with Crippen LogP contribution in [0.4, 0.5) is 0 Å². The molecule has 1 aliphatic rings. The second-order valence-corrected chi connectivity index (χ2v) is 5.67. The summed E-state index contributed by atoms with van der Waals surface area (Å²) in [5.41, 5.74) is 1.41. The highest BCUT2D eigenvalue weighted by molar-refractivity contribution is 6.04. The van der Waals surface area contributed by atoms with E-state index in [1.807, 2.05) is 19.9 Å². The molecular formula is C17H28O4. The van der Waals surface area contributed by atoms with Gasteiger partial charge in [0, 0.05) is 5.57 Å². The SMILES string of the molecule is C/C=C(\CC)C1=C(CC(CC)CC)C(=O)C(O)(C(C)O)O1. The van der Waals surface area contributed by atoms with Gasteiger partial charge >= 0.3 is 0 Å². The number of hydrogen-bond donors (Lipinski definition) is 2. The summed E-state index contributed by atoms with van der Waals surface area (Å²) < 4.78 is 5.54. The molecule has 1 heterocycles. The molecule has 2 N–H and O–H groups in total. The van der Waals surface area contributed by atoms with Crippen molar-refractivity contribution in [3.8, 4) is 0 Å². The van der Waals surface area contributed by atoms with E-state index < -0.39 is 17.7 Å². The van der Waals surface area contributed by atoms with Crippen molar-refractivity contribution in [3.63, 3.8) is 0 Å². The molecular weight excluding hydrogens is 268 g/mol. The fraction of sp³-hybridized carbons (Fsp3) is 0.706. The van der Waals surface area contributed by atoms with E-state index in [2.05, 4.69) is 13.8 Å². The fourth-order valence-corrected chi connectivity index (χ4v) is 2.66. The number of Topliss-reactive ketones (excluding diaryl/α,β-unsaturated/α-hetero) is 1. The zero-order valence-corrected chi connectivity index (χ0v) is 13.8. The second-order valence-electron chi connectivity index (χ2n) is 5.67. The first-order chi connectivity index (χ1) is 9.85. The van der Waals surface area contributed by atoms with E-state index in [-0.39, 0.29) is 0 Å². The summed E-state index contributed by atoms with van der Waals surface area (Å²) >= 11 is 0. The van der Waals surface area contributed by atoms with Crippen LogP contribution in [0.3, 0.4) is 0 Å². The number of aliphatic hydroxyl groups excluding tert-OH is 1. The predicted octanol–water partition coefficient (Wildman–Crippen LogP) is 3.09. The summed E-state index contributed by atoms with van der Waals surface area (Å²) in [6, 6.07) is 0. The van der Waals surface area contributed by atoms with E-state index in [1.165, 1.54) is 6.92 Å². The molecule has 1 aliphatic heterocycles. The highest BCUT2D eigenvalue weighted by Crippen LogP contribution is 2.39. The Morgan fingerprint density at radius 2 is 1.90 bits per heavy atom. The summed E-state index contributed by atoms with van der Waals surface area (Å²) in [4.78, 5) is 12.6. The van der Waals surface area contributed by atoms with Crippen molar-refractivity contribution in [2.24, 2.45) is 5.92 Å². The van der Waals surface area contributed by atoms with Crippen molar-refractivity contribution < 1.29 is 19.7 Å². The molecule has 0 amide bonds. The lowest BCUT2D eigenvalue weighted by Crippen LogP contribution is -2.47. The first kappa shape index (κ1) is 17.9. The van der Waals surface area contributed by atoms with Gasteiger partial charge in [-0.05, 0) is 38.2 Å². The van der Waals surface area contributed by atoms with Crippen LogP contribution >= 0.6 is 0 Å². The van der Waals surface area contributed by atoms with E-state index in [1.54, 1.807) is 0 Å². The molecule has 4 nitrogen and oxygen atoms in total. The molecule has 1 rings (SSSR count). The Bertz CT molecular complexity index is 444. The first-order valence-corrected chi connectivity index (χ1v) is 7.88. The Morgan fingerprint density at radius 1 is 1.33 bits per heavy atom. The smallest absolute Gasteiger partial charge is 0.298 e. The molecule has 0 saturated heterocycles. The molecule has 0 aliphatic carbocycles. The number of ketones is 1. The molecule has 0 spiro atoms. The van der Waals surface area contributed by atoms with Gasteiger partial charge in [-0.15, -0.1) is 0 Å². The minimum atomic E-state index is -2.14. The molecule has 0 aromatic rings. The largest absolute Gasteiger partial charge is 0.451 e. The van der Waals surface area contributed by atoms with Gasteiger partial charge in [0.1, 0.15) is 11.9 Å². The number of allylic oxidation sites excluding steroid dienone is 2. The zero-order valence-electron chi connectivity index (χ0n) is 13.8. The highest BCUT2D eigenvalue weighted by atomic mass is 16.6. The van der Waals surface area contributed by atoms with Gasteiger partial charge in [0.2, 0.25) is 5.78 Å². The molecule has 0 radical (unpaired) electrons. The number of aliphatic hydroxyl groups is 2. The Morgan fingerprint density at radius 3 is 2.29 bits per heavy atom.